The first-order valence-corrected chi connectivity index (χ1v) is 9.49. The predicted molar refractivity (Wildman–Crippen MR) is 110 cm³/mol. The van der Waals surface area contributed by atoms with Crippen LogP contribution < -0.4 is 0 Å². The molecule has 30 heavy (non-hydrogen) atoms. The van der Waals surface area contributed by atoms with E-state index in [9.17, 15) is 19.2 Å². The number of ketones is 1. The summed E-state index contributed by atoms with van der Waals surface area (Å²) in [5.74, 6) is -1.84. The molecule has 158 valence electrons. The fourth-order valence-corrected chi connectivity index (χ4v) is 3.36. The van der Waals surface area contributed by atoms with Crippen molar-refractivity contribution in [2.24, 2.45) is 0 Å². The molecule has 2 atom stereocenters. The highest BCUT2D eigenvalue weighted by Crippen LogP contribution is 2.23. The summed E-state index contributed by atoms with van der Waals surface area (Å²) in [5.41, 5.74) is 2.56. The van der Waals surface area contributed by atoms with Crippen LogP contribution >= 0.6 is 0 Å². The van der Waals surface area contributed by atoms with Crippen LogP contribution in [-0.2, 0) is 14.3 Å². The molecule has 0 N–H and O–H groups in total. The van der Waals surface area contributed by atoms with E-state index in [0.29, 0.717) is 12.2 Å². The maximum Gasteiger partial charge on any atom is 0.349 e. The highest BCUT2D eigenvalue weighted by Gasteiger charge is 2.22. The Morgan fingerprint density at radius 1 is 1.23 bits per heavy atom. The van der Waals surface area contributed by atoms with E-state index in [0.717, 1.165) is 23.5 Å². The molecule has 0 saturated heterocycles. The molecule has 0 aliphatic carbocycles. The quantitative estimate of drug-likeness (QED) is 0.281. The Morgan fingerprint density at radius 2 is 1.87 bits per heavy atom. The SMILES string of the molecule is COC[C@@H](C)n1c(C)cc(/C=C(\C#N)C(=O)O[C@H](C)C(=O)c2ccc(F)cc2)c1C. The molecule has 0 bridgehead atoms. The minimum absolute atomic E-state index is 0.0861. The van der Waals surface area contributed by atoms with Gasteiger partial charge in [0.25, 0.3) is 0 Å². The second kappa shape index (κ2) is 9.99. The van der Waals surface area contributed by atoms with Crippen molar-refractivity contribution in [1.29, 1.82) is 5.26 Å². The third-order valence-corrected chi connectivity index (χ3v) is 4.79. The highest BCUT2D eigenvalue weighted by molar-refractivity contribution is 6.03. The zero-order chi connectivity index (χ0) is 22.4. The topological polar surface area (TPSA) is 81.3 Å². The molecule has 0 amide bonds. The Labute approximate surface area is 175 Å². The van der Waals surface area contributed by atoms with Gasteiger partial charge in [0.15, 0.2) is 6.10 Å². The van der Waals surface area contributed by atoms with Gasteiger partial charge in [-0.1, -0.05) is 0 Å². The van der Waals surface area contributed by atoms with Gasteiger partial charge in [0, 0.05) is 24.1 Å². The zero-order valence-corrected chi connectivity index (χ0v) is 17.7. The molecule has 0 aliphatic rings. The van der Waals surface area contributed by atoms with Crippen molar-refractivity contribution in [2.45, 2.75) is 39.8 Å². The Balaban J connectivity index is 2.21. The van der Waals surface area contributed by atoms with Crippen LogP contribution in [-0.4, -0.2) is 36.1 Å². The van der Waals surface area contributed by atoms with E-state index in [1.807, 2.05) is 32.9 Å². The average molecular weight is 412 g/mol. The summed E-state index contributed by atoms with van der Waals surface area (Å²) in [5, 5.41) is 9.44. The molecular formula is C23H25FN2O4. The second-order valence-electron chi connectivity index (χ2n) is 7.09. The number of aromatic nitrogens is 1. The lowest BCUT2D eigenvalue weighted by Gasteiger charge is -2.17. The molecule has 1 aromatic carbocycles. The summed E-state index contributed by atoms with van der Waals surface area (Å²) in [6, 6.07) is 8.75. The molecular weight excluding hydrogens is 387 g/mol. The lowest BCUT2D eigenvalue weighted by atomic mass is 10.1. The molecule has 1 aromatic heterocycles. The smallest absolute Gasteiger partial charge is 0.349 e. The average Bonchev–Trinajstić information content (AvgIpc) is 2.99. The molecule has 0 fully saturated rings. The van der Waals surface area contributed by atoms with Gasteiger partial charge in [-0.15, -0.1) is 0 Å². The van der Waals surface area contributed by atoms with Crippen LogP contribution in [0.2, 0.25) is 0 Å². The highest BCUT2D eigenvalue weighted by atomic mass is 19.1. The number of halogens is 1. The number of aryl methyl sites for hydroxylation is 1. The van der Waals surface area contributed by atoms with Gasteiger partial charge in [0.2, 0.25) is 5.78 Å². The maximum absolute atomic E-state index is 13.0. The number of nitriles is 1. The van der Waals surface area contributed by atoms with Crippen molar-refractivity contribution >= 4 is 17.8 Å². The van der Waals surface area contributed by atoms with Gasteiger partial charge in [-0.2, -0.15) is 5.26 Å². The van der Waals surface area contributed by atoms with E-state index >= 15 is 0 Å². The largest absolute Gasteiger partial charge is 0.450 e. The number of nitrogens with zero attached hydrogens (tertiary/aromatic N) is 2. The van der Waals surface area contributed by atoms with E-state index < -0.39 is 23.7 Å². The van der Waals surface area contributed by atoms with Gasteiger partial charge in [-0.25, -0.2) is 9.18 Å². The summed E-state index contributed by atoms with van der Waals surface area (Å²) in [4.78, 5) is 24.8. The lowest BCUT2D eigenvalue weighted by Crippen LogP contribution is -2.25. The summed E-state index contributed by atoms with van der Waals surface area (Å²) in [6.45, 7) is 7.78. The van der Waals surface area contributed by atoms with Gasteiger partial charge in [0.05, 0.1) is 12.6 Å². The molecule has 0 spiro atoms. The summed E-state index contributed by atoms with van der Waals surface area (Å²) in [7, 11) is 1.63. The van der Waals surface area contributed by atoms with E-state index in [-0.39, 0.29) is 17.2 Å². The monoisotopic (exact) mass is 412 g/mol. The van der Waals surface area contributed by atoms with Crippen molar-refractivity contribution in [1.82, 2.24) is 4.57 Å². The second-order valence-corrected chi connectivity index (χ2v) is 7.09. The number of carbonyl (C=O) groups excluding carboxylic acids is 2. The number of methoxy groups -OCH3 is 1. The van der Waals surface area contributed by atoms with E-state index in [4.69, 9.17) is 9.47 Å². The molecule has 1 heterocycles. The van der Waals surface area contributed by atoms with Gasteiger partial charge in [-0.3, -0.25) is 4.79 Å². The number of esters is 1. The predicted octanol–water partition coefficient (Wildman–Crippen LogP) is 4.17. The Bertz CT molecular complexity index is 999. The fourth-order valence-electron chi connectivity index (χ4n) is 3.36. The number of Topliss-reactive ketones (excluding diaryl/α,β-unsaturated/α-hetero) is 1. The third kappa shape index (κ3) is 5.22. The van der Waals surface area contributed by atoms with Crippen LogP contribution in [0.5, 0.6) is 0 Å². The van der Waals surface area contributed by atoms with Crippen molar-refractivity contribution in [3.63, 3.8) is 0 Å². The fraction of sp³-hybridized carbons (Fsp3) is 0.348. The summed E-state index contributed by atoms with van der Waals surface area (Å²) >= 11 is 0. The number of carbonyl (C=O) groups is 2. The van der Waals surface area contributed by atoms with Crippen LogP contribution in [0.15, 0.2) is 35.9 Å². The molecule has 0 aliphatic heterocycles. The number of rotatable bonds is 8. The molecule has 2 rings (SSSR count). The number of ether oxygens (including phenoxy) is 2. The van der Waals surface area contributed by atoms with Crippen LogP contribution in [0, 0.1) is 31.0 Å². The molecule has 7 heteroatoms. The third-order valence-electron chi connectivity index (χ3n) is 4.79. The van der Waals surface area contributed by atoms with Crippen LogP contribution in [0.1, 0.15) is 47.2 Å². The van der Waals surface area contributed by atoms with Crippen molar-refractivity contribution in [3.8, 4) is 6.07 Å². The number of hydrogen-bond donors (Lipinski definition) is 0. The molecule has 0 radical (unpaired) electrons. The van der Waals surface area contributed by atoms with Gasteiger partial charge in [-0.05, 0) is 69.7 Å². The zero-order valence-electron chi connectivity index (χ0n) is 17.7. The van der Waals surface area contributed by atoms with Crippen molar-refractivity contribution in [3.05, 3.63) is 64.2 Å². The lowest BCUT2D eigenvalue weighted by molar-refractivity contribution is -0.141. The van der Waals surface area contributed by atoms with E-state index in [1.165, 1.54) is 25.1 Å². The summed E-state index contributed by atoms with van der Waals surface area (Å²) < 4.78 is 25.5. The van der Waals surface area contributed by atoms with Crippen LogP contribution in [0.4, 0.5) is 4.39 Å². The van der Waals surface area contributed by atoms with Gasteiger partial charge >= 0.3 is 5.97 Å². The van der Waals surface area contributed by atoms with Crippen LogP contribution in [0.25, 0.3) is 6.08 Å². The first-order valence-electron chi connectivity index (χ1n) is 9.49. The maximum atomic E-state index is 13.0. The first-order chi connectivity index (χ1) is 14.2. The first kappa shape index (κ1) is 23.0. The molecule has 6 nitrogen and oxygen atoms in total. The standard InChI is InChI=1S/C23H25FN2O4/c1-14-10-19(16(3)26(14)15(2)13-29-5)11-20(12-25)23(28)30-17(4)22(27)18-6-8-21(24)9-7-18/h6-11,15,17H,13H2,1-5H3/b20-11+/t15-,17-/m1/s1. The normalized spacial score (nSPS) is 13.4. The summed E-state index contributed by atoms with van der Waals surface area (Å²) in [6.07, 6.45) is 0.337. The molecule has 0 saturated carbocycles. The van der Waals surface area contributed by atoms with Gasteiger partial charge in [0.1, 0.15) is 17.5 Å². The van der Waals surface area contributed by atoms with Crippen molar-refractivity contribution in [2.75, 3.05) is 13.7 Å². The van der Waals surface area contributed by atoms with Gasteiger partial charge < -0.3 is 14.0 Å². The van der Waals surface area contributed by atoms with E-state index in [1.54, 1.807) is 7.11 Å². The Morgan fingerprint density at radius 3 is 2.43 bits per heavy atom. The Kier molecular flexibility index (Phi) is 7.67. The Hall–Kier alpha value is -3.24. The number of benzene rings is 1. The minimum atomic E-state index is -1.12. The molecule has 2 aromatic rings. The number of hydrogen-bond acceptors (Lipinski definition) is 5. The van der Waals surface area contributed by atoms with Crippen molar-refractivity contribution < 1.29 is 23.5 Å². The molecule has 0 unspecified atom stereocenters. The minimum Gasteiger partial charge on any atom is -0.450 e. The van der Waals surface area contributed by atoms with Crippen LogP contribution in [0.3, 0.4) is 0 Å². The van der Waals surface area contributed by atoms with E-state index in [2.05, 4.69) is 4.57 Å².